The van der Waals surface area contributed by atoms with Gasteiger partial charge in [-0.2, -0.15) is 11.8 Å². The predicted molar refractivity (Wildman–Crippen MR) is 87.6 cm³/mol. The highest BCUT2D eigenvalue weighted by atomic mass is 35.5. The van der Waals surface area contributed by atoms with Crippen LogP contribution in [0.2, 0.25) is 10.0 Å². The third kappa shape index (κ3) is 4.56. The van der Waals surface area contributed by atoms with Gasteiger partial charge in [0.25, 0.3) is 0 Å². The van der Waals surface area contributed by atoms with Gasteiger partial charge in [0, 0.05) is 17.0 Å². The Kier molecular flexibility index (Phi) is 6.34. The lowest BCUT2D eigenvalue weighted by Gasteiger charge is -2.24. The van der Waals surface area contributed by atoms with Crippen molar-refractivity contribution in [1.29, 1.82) is 0 Å². The summed E-state index contributed by atoms with van der Waals surface area (Å²) in [5.74, 6) is 1.10. The lowest BCUT2D eigenvalue weighted by atomic mass is 10.0. The van der Waals surface area contributed by atoms with Gasteiger partial charge in [-0.25, -0.2) is 0 Å². The molecule has 1 nitrogen and oxygen atoms in total. The summed E-state index contributed by atoms with van der Waals surface area (Å²) in [4.78, 5) is 0. The minimum atomic E-state index is 0.349. The maximum Gasteiger partial charge on any atom is 0.0595 e. The summed E-state index contributed by atoms with van der Waals surface area (Å²) in [6.45, 7) is 0. The molecule has 1 unspecified atom stereocenters. The van der Waals surface area contributed by atoms with Crippen molar-refractivity contribution in [2.75, 3.05) is 12.8 Å². The van der Waals surface area contributed by atoms with Gasteiger partial charge in [0.1, 0.15) is 0 Å². The van der Waals surface area contributed by atoms with Crippen LogP contribution >= 0.6 is 35.0 Å². The smallest absolute Gasteiger partial charge is 0.0595 e. The second kappa shape index (κ2) is 7.78. The molecule has 0 aliphatic heterocycles. The van der Waals surface area contributed by atoms with Crippen molar-refractivity contribution in [3.63, 3.8) is 0 Å². The molecule has 1 fully saturated rings. The molecule has 0 radical (unpaired) electrons. The van der Waals surface area contributed by atoms with E-state index in [4.69, 9.17) is 23.2 Å². The van der Waals surface area contributed by atoms with E-state index in [1.54, 1.807) is 0 Å². The molecule has 106 valence electrons. The van der Waals surface area contributed by atoms with E-state index in [2.05, 4.69) is 23.1 Å². The van der Waals surface area contributed by atoms with Crippen molar-refractivity contribution < 1.29 is 0 Å². The minimum Gasteiger partial charge on any atom is -0.312 e. The molecule has 4 heteroatoms. The summed E-state index contributed by atoms with van der Waals surface area (Å²) in [6.07, 6.45) is 6.97. The molecule has 0 amide bonds. The molecule has 2 rings (SSSR count). The predicted octanol–water partition coefficient (Wildman–Crippen LogP) is 5.32. The molecule has 0 spiro atoms. The average molecular weight is 318 g/mol. The summed E-state index contributed by atoms with van der Waals surface area (Å²) in [5.41, 5.74) is 1.22. The third-order valence-electron chi connectivity index (χ3n) is 3.75. The Hall–Kier alpha value is 0.110. The van der Waals surface area contributed by atoms with E-state index in [0.717, 1.165) is 11.0 Å². The number of rotatable bonds is 5. The third-order valence-corrected chi connectivity index (χ3v) is 5.95. The van der Waals surface area contributed by atoms with Gasteiger partial charge < -0.3 is 5.32 Å². The molecule has 1 aromatic carbocycles. The highest BCUT2D eigenvalue weighted by Gasteiger charge is 2.17. The first-order valence-electron chi connectivity index (χ1n) is 6.94. The van der Waals surface area contributed by atoms with Gasteiger partial charge in [-0.1, -0.05) is 48.5 Å². The highest BCUT2D eigenvalue weighted by molar-refractivity contribution is 7.99. The second-order valence-corrected chi connectivity index (χ2v) is 7.26. The van der Waals surface area contributed by atoms with Crippen molar-refractivity contribution in [2.24, 2.45) is 0 Å². The van der Waals surface area contributed by atoms with Gasteiger partial charge in [-0.15, -0.1) is 0 Å². The molecule has 0 aromatic heterocycles. The molecule has 1 N–H and O–H groups in total. The zero-order valence-electron chi connectivity index (χ0n) is 11.3. The first-order chi connectivity index (χ1) is 9.20. The highest BCUT2D eigenvalue weighted by Crippen LogP contribution is 2.32. The van der Waals surface area contributed by atoms with Crippen molar-refractivity contribution in [2.45, 2.75) is 43.4 Å². The van der Waals surface area contributed by atoms with E-state index in [9.17, 15) is 0 Å². The summed E-state index contributed by atoms with van der Waals surface area (Å²) in [5, 5.41) is 5.49. The molecule has 1 aliphatic rings. The number of hydrogen-bond donors (Lipinski definition) is 1. The van der Waals surface area contributed by atoms with Crippen molar-refractivity contribution in [3.8, 4) is 0 Å². The van der Waals surface area contributed by atoms with Crippen molar-refractivity contribution in [1.82, 2.24) is 5.32 Å². The lowest BCUT2D eigenvalue weighted by molar-refractivity contribution is 0.515. The van der Waals surface area contributed by atoms with Crippen LogP contribution in [-0.2, 0) is 0 Å². The SMILES string of the molecule is CNC(CSC1CCCCC1)c1ccc(Cl)c(Cl)c1. The fourth-order valence-electron chi connectivity index (χ4n) is 2.54. The molecule has 1 saturated carbocycles. The van der Waals surface area contributed by atoms with Crippen LogP contribution in [0.4, 0.5) is 0 Å². The standard InChI is InChI=1S/C15H21Cl2NS/c1-18-15(10-19-12-5-3-2-4-6-12)11-7-8-13(16)14(17)9-11/h7-9,12,15,18H,2-6,10H2,1H3. The van der Waals surface area contributed by atoms with Crippen LogP contribution in [0.25, 0.3) is 0 Å². The van der Waals surface area contributed by atoms with Crippen molar-refractivity contribution in [3.05, 3.63) is 33.8 Å². The zero-order chi connectivity index (χ0) is 13.7. The van der Waals surface area contributed by atoms with Crippen molar-refractivity contribution >= 4 is 35.0 Å². The normalized spacial score (nSPS) is 18.5. The molecule has 0 saturated heterocycles. The summed E-state index contributed by atoms with van der Waals surface area (Å²) in [7, 11) is 2.01. The topological polar surface area (TPSA) is 12.0 Å². The lowest BCUT2D eigenvalue weighted by Crippen LogP contribution is -2.21. The molecule has 0 heterocycles. The molecule has 1 aliphatic carbocycles. The van der Waals surface area contributed by atoms with Gasteiger partial charge in [0.2, 0.25) is 0 Å². The van der Waals surface area contributed by atoms with Gasteiger partial charge in [-0.3, -0.25) is 0 Å². The van der Waals surface area contributed by atoms with Gasteiger partial charge in [-0.05, 0) is 37.6 Å². The van der Waals surface area contributed by atoms with E-state index in [-0.39, 0.29) is 0 Å². The fraction of sp³-hybridized carbons (Fsp3) is 0.600. The van der Waals surface area contributed by atoms with E-state index < -0.39 is 0 Å². The summed E-state index contributed by atoms with van der Waals surface area (Å²) in [6, 6.07) is 6.28. The van der Waals surface area contributed by atoms with Crippen LogP contribution in [0, 0.1) is 0 Å². The van der Waals surface area contributed by atoms with Crippen LogP contribution in [0.1, 0.15) is 43.7 Å². The first kappa shape index (κ1) is 15.5. The van der Waals surface area contributed by atoms with Gasteiger partial charge >= 0.3 is 0 Å². The van der Waals surface area contributed by atoms with E-state index in [1.165, 1.54) is 37.7 Å². The number of hydrogen-bond acceptors (Lipinski definition) is 2. The quantitative estimate of drug-likeness (QED) is 0.788. The minimum absolute atomic E-state index is 0.349. The van der Waals surface area contributed by atoms with E-state index in [1.807, 2.05) is 19.2 Å². The van der Waals surface area contributed by atoms with Crippen LogP contribution in [0.5, 0.6) is 0 Å². The number of halogens is 2. The Balaban J connectivity index is 1.93. The van der Waals surface area contributed by atoms with Gasteiger partial charge in [0.05, 0.1) is 10.0 Å². The van der Waals surface area contributed by atoms with Gasteiger partial charge in [0.15, 0.2) is 0 Å². The van der Waals surface area contributed by atoms with Crippen LogP contribution < -0.4 is 5.32 Å². The number of thioether (sulfide) groups is 1. The molecule has 0 bridgehead atoms. The molecular weight excluding hydrogens is 297 g/mol. The Morgan fingerprint density at radius 2 is 1.95 bits per heavy atom. The molecular formula is C15H21Cl2NS. The van der Waals surface area contributed by atoms with Crippen LogP contribution in [-0.4, -0.2) is 18.1 Å². The second-order valence-electron chi connectivity index (χ2n) is 5.11. The van der Waals surface area contributed by atoms with E-state index >= 15 is 0 Å². The number of benzene rings is 1. The van der Waals surface area contributed by atoms with Crippen LogP contribution in [0.15, 0.2) is 18.2 Å². The maximum absolute atomic E-state index is 6.10. The average Bonchev–Trinajstić information content (AvgIpc) is 2.44. The summed E-state index contributed by atoms with van der Waals surface area (Å²) < 4.78 is 0. The first-order valence-corrected chi connectivity index (χ1v) is 8.75. The van der Waals surface area contributed by atoms with E-state index in [0.29, 0.717) is 16.1 Å². The fourth-order valence-corrected chi connectivity index (χ4v) is 4.34. The zero-order valence-corrected chi connectivity index (χ0v) is 13.6. The van der Waals surface area contributed by atoms with Crippen LogP contribution in [0.3, 0.4) is 0 Å². The Morgan fingerprint density at radius 1 is 1.21 bits per heavy atom. The maximum atomic E-state index is 6.10. The largest absolute Gasteiger partial charge is 0.312 e. The monoisotopic (exact) mass is 317 g/mol. The number of nitrogens with one attached hydrogen (secondary N) is 1. The Morgan fingerprint density at radius 3 is 2.58 bits per heavy atom. The molecule has 19 heavy (non-hydrogen) atoms. The summed E-state index contributed by atoms with van der Waals surface area (Å²) >= 11 is 14.2. The molecule has 1 atom stereocenters. The molecule has 1 aromatic rings. The Labute approximate surface area is 130 Å². The Bertz CT molecular complexity index is 405.